The van der Waals surface area contributed by atoms with Crippen LogP contribution >= 0.6 is 0 Å². The Labute approximate surface area is 112 Å². The molecule has 0 radical (unpaired) electrons. The maximum absolute atomic E-state index is 11.9. The molecule has 2 aliphatic heterocycles. The molecule has 6 nitrogen and oxygen atoms in total. The first-order valence-electron chi connectivity index (χ1n) is 6.92. The Bertz CT molecular complexity index is 347. The van der Waals surface area contributed by atoms with Crippen LogP contribution in [0.1, 0.15) is 39.0 Å². The number of aliphatic hydroxyl groups is 1. The Balaban J connectivity index is 1.82. The number of carboxylic acids is 1. The second-order valence-electron chi connectivity index (χ2n) is 5.80. The molecule has 108 valence electrons. The Morgan fingerprint density at radius 1 is 1.32 bits per heavy atom. The number of nitrogens with one attached hydrogen (secondary N) is 2. The Morgan fingerprint density at radius 3 is 2.37 bits per heavy atom. The van der Waals surface area contributed by atoms with E-state index in [1.807, 2.05) is 0 Å². The lowest BCUT2D eigenvalue weighted by molar-refractivity contribution is -0.145. The van der Waals surface area contributed by atoms with E-state index >= 15 is 0 Å². The fourth-order valence-corrected chi connectivity index (χ4v) is 3.23. The maximum atomic E-state index is 11.9. The van der Waals surface area contributed by atoms with Crippen molar-refractivity contribution in [1.29, 1.82) is 0 Å². The van der Waals surface area contributed by atoms with Crippen LogP contribution in [-0.4, -0.2) is 46.3 Å². The third-order valence-corrected chi connectivity index (χ3v) is 4.11. The SMILES string of the molecule is CC(O)C(NC(=O)CC1CC2CCC(C1)N2)C(=O)O. The van der Waals surface area contributed by atoms with E-state index in [0.717, 1.165) is 12.8 Å². The van der Waals surface area contributed by atoms with Crippen molar-refractivity contribution in [2.24, 2.45) is 5.92 Å². The fraction of sp³-hybridized carbons (Fsp3) is 0.846. The van der Waals surface area contributed by atoms with Gasteiger partial charge < -0.3 is 20.8 Å². The minimum Gasteiger partial charge on any atom is -0.480 e. The number of fused-ring (bicyclic) bond motifs is 2. The lowest BCUT2D eigenvalue weighted by Crippen LogP contribution is -2.48. The molecule has 6 heteroatoms. The smallest absolute Gasteiger partial charge is 0.328 e. The van der Waals surface area contributed by atoms with Gasteiger partial charge in [-0.05, 0) is 38.5 Å². The standard InChI is InChI=1S/C13H22N2O4/c1-7(16)12(13(18)19)15-11(17)6-8-4-9-2-3-10(5-8)14-9/h7-10,12,14,16H,2-6H2,1H3,(H,15,17)(H,18,19). The van der Waals surface area contributed by atoms with Crippen molar-refractivity contribution in [3.8, 4) is 0 Å². The summed E-state index contributed by atoms with van der Waals surface area (Å²) < 4.78 is 0. The third kappa shape index (κ3) is 3.67. The van der Waals surface area contributed by atoms with Gasteiger partial charge in [0.25, 0.3) is 0 Å². The van der Waals surface area contributed by atoms with Crippen LogP contribution < -0.4 is 10.6 Å². The second kappa shape index (κ2) is 5.88. The van der Waals surface area contributed by atoms with Gasteiger partial charge in [-0.3, -0.25) is 4.79 Å². The summed E-state index contributed by atoms with van der Waals surface area (Å²) in [5.41, 5.74) is 0. The van der Waals surface area contributed by atoms with E-state index in [2.05, 4.69) is 10.6 Å². The molecule has 2 bridgehead atoms. The van der Waals surface area contributed by atoms with Crippen LogP contribution in [0.2, 0.25) is 0 Å². The first-order valence-corrected chi connectivity index (χ1v) is 6.92. The van der Waals surface area contributed by atoms with Gasteiger partial charge in [0.05, 0.1) is 6.10 Å². The van der Waals surface area contributed by atoms with E-state index in [1.54, 1.807) is 0 Å². The highest BCUT2D eigenvalue weighted by molar-refractivity contribution is 5.84. The average molecular weight is 270 g/mol. The van der Waals surface area contributed by atoms with Crippen molar-refractivity contribution in [3.05, 3.63) is 0 Å². The van der Waals surface area contributed by atoms with Gasteiger partial charge in [-0.15, -0.1) is 0 Å². The molecule has 2 aliphatic rings. The van der Waals surface area contributed by atoms with Crippen LogP contribution in [0.5, 0.6) is 0 Å². The number of carbonyl (C=O) groups excluding carboxylic acids is 1. The number of aliphatic carboxylic acids is 1. The van der Waals surface area contributed by atoms with Crippen molar-refractivity contribution in [2.75, 3.05) is 0 Å². The van der Waals surface area contributed by atoms with Crippen molar-refractivity contribution < 1.29 is 19.8 Å². The minimum atomic E-state index is -1.22. The number of piperidine rings is 1. The minimum absolute atomic E-state index is 0.278. The van der Waals surface area contributed by atoms with Crippen LogP contribution in [-0.2, 0) is 9.59 Å². The molecule has 4 atom stereocenters. The molecule has 4 N–H and O–H groups in total. The van der Waals surface area contributed by atoms with Gasteiger partial charge in [0.15, 0.2) is 6.04 Å². The van der Waals surface area contributed by atoms with Gasteiger partial charge in [0, 0.05) is 18.5 Å². The molecule has 0 saturated carbocycles. The van der Waals surface area contributed by atoms with E-state index in [-0.39, 0.29) is 5.91 Å². The zero-order valence-corrected chi connectivity index (χ0v) is 11.1. The summed E-state index contributed by atoms with van der Waals surface area (Å²) in [6.45, 7) is 1.36. The Morgan fingerprint density at radius 2 is 1.89 bits per heavy atom. The molecule has 0 aromatic rings. The fourth-order valence-electron chi connectivity index (χ4n) is 3.23. The van der Waals surface area contributed by atoms with Gasteiger partial charge in [-0.25, -0.2) is 4.79 Å². The number of carboxylic acid groups (broad SMARTS) is 1. The maximum Gasteiger partial charge on any atom is 0.328 e. The molecule has 2 heterocycles. The van der Waals surface area contributed by atoms with Crippen LogP contribution in [0, 0.1) is 5.92 Å². The molecule has 2 rings (SSSR count). The van der Waals surface area contributed by atoms with E-state index in [9.17, 15) is 14.7 Å². The van der Waals surface area contributed by atoms with E-state index in [1.165, 1.54) is 19.8 Å². The number of hydrogen-bond donors (Lipinski definition) is 4. The number of rotatable bonds is 5. The molecule has 0 aromatic carbocycles. The predicted octanol–water partition coefficient (Wildman–Crippen LogP) is -0.143. The molecule has 2 fully saturated rings. The number of carbonyl (C=O) groups is 2. The lowest BCUT2D eigenvalue weighted by Gasteiger charge is -2.29. The van der Waals surface area contributed by atoms with Gasteiger partial charge in [0.2, 0.25) is 5.91 Å². The summed E-state index contributed by atoms with van der Waals surface area (Å²) in [6, 6.07) is -0.182. The van der Waals surface area contributed by atoms with Gasteiger partial charge in [0.1, 0.15) is 0 Å². The summed E-state index contributed by atoms with van der Waals surface area (Å²) in [5.74, 6) is -1.16. The topological polar surface area (TPSA) is 98.7 Å². The summed E-state index contributed by atoms with van der Waals surface area (Å²) in [7, 11) is 0. The molecule has 2 saturated heterocycles. The average Bonchev–Trinajstić information content (AvgIpc) is 2.65. The molecule has 19 heavy (non-hydrogen) atoms. The monoisotopic (exact) mass is 270 g/mol. The first-order chi connectivity index (χ1) is 8.95. The van der Waals surface area contributed by atoms with Crippen molar-refractivity contribution in [2.45, 2.75) is 63.3 Å². The summed E-state index contributed by atoms with van der Waals surface area (Å²) in [5, 5.41) is 24.1. The van der Waals surface area contributed by atoms with Crippen molar-refractivity contribution in [3.63, 3.8) is 0 Å². The second-order valence-corrected chi connectivity index (χ2v) is 5.80. The first kappa shape index (κ1) is 14.3. The van der Waals surface area contributed by atoms with Crippen molar-refractivity contribution >= 4 is 11.9 Å². The summed E-state index contributed by atoms with van der Waals surface area (Å²) in [4.78, 5) is 22.8. The van der Waals surface area contributed by atoms with Gasteiger partial charge in [-0.2, -0.15) is 0 Å². The van der Waals surface area contributed by atoms with Crippen LogP contribution in [0.4, 0.5) is 0 Å². The number of aliphatic hydroxyl groups excluding tert-OH is 1. The Hall–Kier alpha value is -1.14. The zero-order valence-electron chi connectivity index (χ0n) is 11.1. The molecule has 1 amide bonds. The van der Waals surface area contributed by atoms with Gasteiger partial charge in [-0.1, -0.05) is 0 Å². The van der Waals surface area contributed by atoms with E-state index < -0.39 is 18.1 Å². The largest absolute Gasteiger partial charge is 0.480 e. The summed E-state index contributed by atoms with van der Waals surface area (Å²) in [6.07, 6.45) is 3.57. The highest BCUT2D eigenvalue weighted by Crippen LogP contribution is 2.32. The highest BCUT2D eigenvalue weighted by atomic mass is 16.4. The molecule has 4 unspecified atom stereocenters. The molecular formula is C13H22N2O4. The zero-order chi connectivity index (χ0) is 14.0. The van der Waals surface area contributed by atoms with Crippen LogP contribution in [0.3, 0.4) is 0 Å². The third-order valence-electron chi connectivity index (χ3n) is 4.11. The summed E-state index contributed by atoms with van der Waals surface area (Å²) >= 11 is 0. The quantitative estimate of drug-likeness (QED) is 0.557. The highest BCUT2D eigenvalue weighted by Gasteiger charge is 2.35. The van der Waals surface area contributed by atoms with Crippen LogP contribution in [0.15, 0.2) is 0 Å². The molecular weight excluding hydrogens is 248 g/mol. The predicted molar refractivity (Wildman–Crippen MR) is 68.5 cm³/mol. The normalized spacial score (nSPS) is 32.6. The van der Waals surface area contributed by atoms with E-state index in [0.29, 0.717) is 24.4 Å². The Kier molecular flexibility index (Phi) is 4.42. The van der Waals surface area contributed by atoms with Crippen LogP contribution in [0.25, 0.3) is 0 Å². The molecule has 0 aromatic heterocycles. The lowest BCUT2D eigenvalue weighted by atomic mass is 9.89. The van der Waals surface area contributed by atoms with Crippen molar-refractivity contribution in [1.82, 2.24) is 10.6 Å². The number of hydrogen-bond acceptors (Lipinski definition) is 4. The molecule has 0 aliphatic carbocycles. The van der Waals surface area contributed by atoms with Gasteiger partial charge >= 0.3 is 5.97 Å². The van der Waals surface area contributed by atoms with E-state index in [4.69, 9.17) is 5.11 Å². The molecule has 0 spiro atoms. The number of amides is 1.